The number of halogens is 2. The molecule has 10 heteroatoms. The van der Waals surface area contributed by atoms with Crippen molar-refractivity contribution >= 4 is 33.3 Å². The largest absolute Gasteiger partial charge is 0.335 e. The van der Waals surface area contributed by atoms with Crippen LogP contribution >= 0.6 is 11.3 Å². The standard InChI is InChI=1S/C28H23F2N7S/c1-16-7-22-20(9-19(16)18-8-17(10-31-11-18)14-37-5-4-28(29,30)15-37)26(36-35-22)27-33-23-13-32-12-21(25(23)34-27)24-3-2-6-38-24/h2-3,6-13H,4-5,14-15H2,1H3,(H,33,34)(H,35,36). The SMILES string of the molecule is Cc1cc2[nH]nc(-c3nc4c(-c5cccs5)cncc4[nH]3)c2cc1-c1cncc(CN2CCC(F)(F)C2)c1. The molecule has 190 valence electrons. The maximum Gasteiger partial charge on any atom is 0.261 e. The molecule has 0 unspecified atom stereocenters. The minimum absolute atomic E-state index is 0.0914. The highest BCUT2D eigenvalue weighted by atomic mass is 32.1. The van der Waals surface area contributed by atoms with Crippen molar-refractivity contribution in [1.82, 2.24) is 35.0 Å². The first kappa shape index (κ1) is 23.1. The molecular weight excluding hydrogens is 504 g/mol. The first-order valence-electron chi connectivity index (χ1n) is 12.3. The average molecular weight is 528 g/mol. The molecule has 0 amide bonds. The summed E-state index contributed by atoms with van der Waals surface area (Å²) in [5, 5.41) is 10.7. The number of H-pyrrole nitrogens is 2. The monoisotopic (exact) mass is 527 g/mol. The van der Waals surface area contributed by atoms with Gasteiger partial charge in [-0.1, -0.05) is 6.07 Å². The zero-order chi connectivity index (χ0) is 25.9. The van der Waals surface area contributed by atoms with E-state index >= 15 is 0 Å². The predicted octanol–water partition coefficient (Wildman–Crippen LogP) is 6.44. The summed E-state index contributed by atoms with van der Waals surface area (Å²) >= 11 is 1.65. The number of aryl methyl sites for hydroxylation is 1. The van der Waals surface area contributed by atoms with Gasteiger partial charge in [-0.05, 0) is 53.3 Å². The molecule has 1 fully saturated rings. The molecule has 6 heterocycles. The van der Waals surface area contributed by atoms with Gasteiger partial charge in [0.25, 0.3) is 5.92 Å². The van der Waals surface area contributed by atoms with Crippen LogP contribution in [0.25, 0.3) is 55.0 Å². The van der Waals surface area contributed by atoms with Gasteiger partial charge in [0.1, 0.15) is 11.2 Å². The lowest BCUT2D eigenvalue weighted by atomic mass is 9.98. The molecule has 0 aliphatic carbocycles. The Morgan fingerprint density at radius 1 is 1.05 bits per heavy atom. The van der Waals surface area contributed by atoms with Crippen molar-refractivity contribution < 1.29 is 8.78 Å². The van der Waals surface area contributed by atoms with Gasteiger partial charge in [-0.15, -0.1) is 11.3 Å². The van der Waals surface area contributed by atoms with Gasteiger partial charge < -0.3 is 4.98 Å². The van der Waals surface area contributed by atoms with E-state index in [-0.39, 0.29) is 13.0 Å². The van der Waals surface area contributed by atoms with E-state index in [4.69, 9.17) is 4.98 Å². The van der Waals surface area contributed by atoms with Crippen LogP contribution in [0.5, 0.6) is 0 Å². The van der Waals surface area contributed by atoms with E-state index in [1.807, 2.05) is 36.8 Å². The summed E-state index contributed by atoms with van der Waals surface area (Å²) in [5.74, 6) is -1.95. The van der Waals surface area contributed by atoms with Crippen LogP contribution in [0, 0.1) is 6.92 Å². The molecule has 1 aliphatic heterocycles. The molecule has 6 aromatic rings. The lowest BCUT2D eigenvalue weighted by Gasteiger charge is -2.16. The van der Waals surface area contributed by atoms with Crippen molar-refractivity contribution in [3.8, 4) is 33.1 Å². The van der Waals surface area contributed by atoms with Gasteiger partial charge in [-0.2, -0.15) is 5.10 Å². The summed E-state index contributed by atoms with van der Waals surface area (Å²) in [6.45, 7) is 2.68. The number of imidazole rings is 1. The van der Waals surface area contributed by atoms with Crippen LogP contribution in [0.1, 0.15) is 17.5 Å². The van der Waals surface area contributed by atoms with Crippen molar-refractivity contribution in [3.05, 3.63) is 71.6 Å². The fraction of sp³-hybridized carbons (Fsp3) is 0.214. The molecule has 38 heavy (non-hydrogen) atoms. The van der Waals surface area contributed by atoms with Gasteiger partial charge in [0, 0.05) is 59.5 Å². The van der Waals surface area contributed by atoms with E-state index in [0.717, 1.165) is 60.3 Å². The number of alkyl halides is 2. The molecule has 7 nitrogen and oxygen atoms in total. The maximum absolute atomic E-state index is 13.7. The second-order valence-corrected chi connectivity index (χ2v) is 10.8. The Kier molecular flexibility index (Phi) is 5.34. The van der Waals surface area contributed by atoms with Gasteiger partial charge in [0.2, 0.25) is 0 Å². The van der Waals surface area contributed by atoms with Crippen molar-refractivity contribution in [1.29, 1.82) is 0 Å². The van der Waals surface area contributed by atoms with Crippen LogP contribution in [0.4, 0.5) is 8.78 Å². The van der Waals surface area contributed by atoms with Gasteiger partial charge >= 0.3 is 0 Å². The number of nitrogens with one attached hydrogen (secondary N) is 2. The molecule has 1 saturated heterocycles. The Morgan fingerprint density at radius 2 is 1.95 bits per heavy atom. The van der Waals surface area contributed by atoms with Gasteiger partial charge in [0.15, 0.2) is 5.82 Å². The van der Waals surface area contributed by atoms with Crippen LogP contribution in [0.15, 0.2) is 60.5 Å². The second-order valence-electron chi connectivity index (χ2n) is 9.83. The van der Waals surface area contributed by atoms with Gasteiger partial charge in [-0.25, -0.2) is 13.8 Å². The maximum atomic E-state index is 13.7. The predicted molar refractivity (Wildman–Crippen MR) is 145 cm³/mol. The topological polar surface area (TPSA) is 86.4 Å². The molecule has 5 aromatic heterocycles. The minimum Gasteiger partial charge on any atom is -0.335 e. The fourth-order valence-corrected chi connectivity index (χ4v) is 5.98. The van der Waals surface area contributed by atoms with Crippen LogP contribution in [-0.2, 0) is 6.54 Å². The number of pyridine rings is 2. The zero-order valence-electron chi connectivity index (χ0n) is 20.5. The van der Waals surface area contributed by atoms with Gasteiger partial charge in [0.05, 0.1) is 23.8 Å². The molecule has 2 N–H and O–H groups in total. The third-order valence-electron chi connectivity index (χ3n) is 7.07. The van der Waals surface area contributed by atoms with Crippen LogP contribution in [0.3, 0.4) is 0 Å². The number of nitrogens with zero attached hydrogens (tertiary/aromatic N) is 5. The summed E-state index contributed by atoms with van der Waals surface area (Å²) in [4.78, 5) is 20.0. The van der Waals surface area contributed by atoms with Crippen LogP contribution < -0.4 is 0 Å². The molecule has 0 spiro atoms. The molecule has 1 aliphatic rings. The molecule has 0 atom stereocenters. The molecule has 1 aromatic carbocycles. The van der Waals surface area contributed by atoms with E-state index < -0.39 is 5.92 Å². The quantitative estimate of drug-likeness (QED) is 0.269. The number of likely N-dealkylation sites (tertiary alicyclic amines) is 1. The first-order chi connectivity index (χ1) is 18.4. The van der Waals surface area contributed by atoms with Gasteiger partial charge in [-0.3, -0.25) is 20.0 Å². The third-order valence-corrected chi connectivity index (χ3v) is 7.98. The number of fused-ring (bicyclic) bond motifs is 2. The van der Waals surface area contributed by atoms with E-state index in [9.17, 15) is 8.78 Å². The Hall–Kier alpha value is -4.02. The number of hydrogen-bond acceptors (Lipinski definition) is 6. The average Bonchev–Trinajstić information content (AvgIpc) is 3.69. The molecular formula is C28H23F2N7S. The smallest absolute Gasteiger partial charge is 0.261 e. The van der Waals surface area contributed by atoms with E-state index in [1.165, 1.54) is 0 Å². The highest BCUT2D eigenvalue weighted by molar-refractivity contribution is 7.13. The number of rotatable bonds is 5. The van der Waals surface area contributed by atoms with Crippen LogP contribution in [-0.4, -0.2) is 54.0 Å². The lowest BCUT2D eigenvalue weighted by Crippen LogP contribution is -2.24. The fourth-order valence-electron chi connectivity index (χ4n) is 5.24. The van der Waals surface area contributed by atoms with Crippen molar-refractivity contribution in [2.75, 3.05) is 13.1 Å². The van der Waals surface area contributed by atoms with Crippen molar-refractivity contribution in [2.45, 2.75) is 25.8 Å². The third kappa shape index (κ3) is 4.06. The molecule has 0 saturated carbocycles. The Bertz CT molecular complexity index is 1790. The second kappa shape index (κ2) is 8.78. The van der Waals surface area contributed by atoms with E-state index in [2.05, 4.69) is 43.3 Å². The van der Waals surface area contributed by atoms with E-state index in [0.29, 0.717) is 18.9 Å². The summed E-state index contributed by atoms with van der Waals surface area (Å²) in [5.41, 5.74) is 8.23. The number of thiophene rings is 1. The Balaban J connectivity index is 1.27. The number of aromatic amines is 2. The van der Waals surface area contributed by atoms with Crippen molar-refractivity contribution in [2.24, 2.45) is 0 Å². The minimum atomic E-state index is -2.61. The lowest BCUT2D eigenvalue weighted by molar-refractivity contribution is 0.0115. The summed E-state index contributed by atoms with van der Waals surface area (Å²) < 4.78 is 27.3. The molecule has 7 rings (SSSR count). The van der Waals surface area contributed by atoms with Crippen LogP contribution in [0.2, 0.25) is 0 Å². The zero-order valence-corrected chi connectivity index (χ0v) is 21.3. The van der Waals surface area contributed by atoms with E-state index in [1.54, 1.807) is 28.6 Å². The van der Waals surface area contributed by atoms with Crippen molar-refractivity contribution in [3.63, 3.8) is 0 Å². The highest BCUT2D eigenvalue weighted by Crippen LogP contribution is 2.35. The Morgan fingerprint density at radius 3 is 2.76 bits per heavy atom. The summed E-state index contributed by atoms with van der Waals surface area (Å²) in [6.07, 6.45) is 7.10. The Labute approximate surface area is 220 Å². The molecule has 0 bridgehead atoms. The molecule has 0 radical (unpaired) electrons. The number of hydrogen-bond donors (Lipinski definition) is 2. The highest BCUT2D eigenvalue weighted by Gasteiger charge is 2.37. The first-order valence-corrected chi connectivity index (χ1v) is 13.2. The summed E-state index contributed by atoms with van der Waals surface area (Å²) in [6, 6.07) is 10.3. The number of aromatic nitrogens is 6. The normalized spacial score (nSPS) is 15.7. The summed E-state index contributed by atoms with van der Waals surface area (Å²) in [7, 11) is 0. The number of benzene rings is 1.